The number of thiazole rings is 1. The fourth-order valence-corrected chi connectivity index (χ4v) is 5.47. The Labute approximate surface area is 218 Å². The molecule has 2 fully saturated rings. The summed E-state index contributed by atoms with van der Waals surface area (Å²) in [5.74, 6) is -0.591. The standard InChI is InChI=1S/C25H28N6O5S/c1-36-24(34)19-12-27-22(23-26-8-11-37-23)28-20(19)15-29-9-10-30-18(13-29)14-31(25(30)35)17-5-2-16(3-6-17)4-7-21(32)33/h2-3,5-6,8,11,18H,4,7,9-10,12-15H2,1H3,(H,27,28)(H,32,33). The highest BCUT2D eigenvalue weighted by Gasteiger charge is 2.41. The number of ether oxygens (including phenoxy) is 1. The number of esters is 1. The van der Waals surface area contributed by atoms with E-state index in [1.807, 2.05) is 34.5 Å². The maximum Gasteiger partial charge on any atom is 0.337 e. The lowest BCUT2D eigenvalue weighted by Gasteiger charge is -2.37. The Morgan fingerprint density at radius 3 is 2.73 bits per heavy atom. The molecule has 1 aromatic heterocycles. The van der Waals surface area contributed by atoms with Crippen molar-refractivity contribution in [1.82, 2.24) is 20.1 Å². The topological polar surface area (TPSA) is 128 Å². The minimum absolute atomic E-state index is 0.0193. The summed E-state index contributed by atoms with van der Waals surface area (Å²) in [7, 11) is 1.36. The van der Waals surface area contributed by atoms with Crippen LogP contribution in [0.4, 0.5) is 10.5 Å². The summed E-state index contributed by atoms with van der Waals surface area (Å²) >= 11 is 1.48. The number of aliphatic imine (C=N–C) groups is 1. The van der Waals surface area contributed by atoms with Gasteiger partial charge < -0.3 is 20.1 Å². The molecule has 3 aliphatic rings. The van der Waals surface area contributed by atoms with Crippen LogP contribution >= 0.6 is 11.3 Å². The van der Waals surface area contributed by atoms with Crippen molar-refractivity contribution >= 4 is 40.8 Å². The van der Waals surface area contributed by atoms with Crippen LogP contribution in [0.25, 0.3) is 0 Å². The van der Waals surface area contributed by atoms with Crippen molar-refractivity contribution in [2.45, 2.75) is 18.9 Å². The summed E-state index contributed by atoms with van der Waals surface area (Å²) in [6, 6.07) is 7.52. The van der Waals surface area contributed by atoms with Gasteiger partial charge in [-0.05, 0) is 24.1 Å². The molecule has 2 aromatic rings. The van der Waals surface area contributed by atoms with E-state index in [0.717, 1.165) is 22.0 Å². The van der Waals surface area contributed by atoms with Gasteiger partial charge in [-0.3, -0.25) is 19.6 Å². The largest absolute Gasteiger partial charge is 0.481 e. The van der Waals surface area contributed by atoms with Crippen molar-refractivity contribution in [1.29, 1.82) is 0 Å². The molecule has 0 aliphatic carbocycles. The van der Waals surface area contributed by atoms with E-state index in [1.165, 1.54) is 18.4 Å². The second-order valence-corrected chi connectivity index (χ2v) is 10.0. The van der Waals surface area contributed by atoms with Crippen molar-refractivity contribution < 1.29 is 24.2 Å². The lowest BCUT2D eigenvalue weighted by atomic mass is 10.1. The second-order valence-electron chi connectivity index (χ2n) is 9.11. The van der Waals surface area contributed by atoms with Gasteiger partial charge in [-0.2, -0.15) is 0 Å². The van der Waals surface area contributed by atoms with Gasteiger partial charge in [-0.25, -0.2) is 14.6 Å². The molecule has 11 nitrogen and oxygen atoms in total. The average molecular weight is 525 g/mol. The van der Waals surface area contributed by atoms with Gasteiger partial charge in [0.05, 0.1) is 25.3 Å². The molecule has 2 amide bonds. The Kier molecular flexibility index (Phi) is 7.19. The van der Waals surface area contributed by atoms with E-state index in [9.17, 15) is 14.4 Å². The zero-order chi connectivity index (χ0) is 25.9. The van der Waals surface area contributed by atoms with E-state index in [4.69, 9.17) is 9.84 Å². The van der Waals surface area contributed by atoms with Gasteiger partial charge in [0.15, 0.2) is 10.8 Å². The van der Waals surface area contributed by atoms with Crippen LogP contribution in [0.2, 0.25) is 0 Å². The molecule has 3 aliphatic heterocycles. The van der Waals surface area contributed by atoms with Crippen LogP contribution in [-0.4, -0.2) is 96.1 Å². The predicted molar refractivity (Wildman–Crippen MR) is 138 cm³/mol. The number of nitrogens with one attached hydrogen (secondary N) is 1. The first-order chi connectivity index (χ1) is 17.9. The number of carboxylic acids is 1. The quantitative estimate of drug-likeness (QED) is 0.498. The third kappa shape index (κ3) is 5.35. The van der Waals surface area contributed by atoms with Crippen LogP contribution < -0.4 is 10.2 Å². The zero-order valence-electron chi connectivity index (χ0n) is 20.4. The van der Waals surface area contributed by atoms with Crippen LogP contribution in [0, 0.1) is 0 Å². The maximum absolute atomic E-state index is 13.1. The lowest BCUT2D eigenvalue weighted by Crippen LogP contribution is -2.53. The monoisotopic (exact) mass is 524 g/mol. The summed E-state index contributed by atoms with van der Waals surface area (Å²) in [5, 5.41) is 14.8. The number of aromatic nitrogens is 1. The van der Waals surface area contributed by atoms with E-state index in [0.29, 0.717) is 50.6 Å². The first-order valence-electron chi connectivity index (χ1n) is 12.1. The number of aryl methyl sites for hydroxylation is 1. The van der Waals surface area contributed by atoms with Crippen molar-refractivity contribution in [3.05, 3.63) is 57.7 Å². The SMILES string of the molecule is COC(=O)C1=C(CN2CCN3C(=O)N(c4ccc(CCC(=O)O)cc4)CC3C2)NC(c2nccs2)=NC1. The molecule has 194 valence electrons. The zero-order valence-corrected chi connectivity index (χ0v) is 21.2. The van der Waals surface area contributed by atoms with Gasteiger partial charge in [0.2, 0.25) is 0 Å². The summed E-state index contributed by atoms with van der Waals surface area (Å²) in [6.45, 7) is 3.22. The van der Waals surface area contributed by atoms with Crippen molar-refractivity contribution in [3.63, 3.8) is 0 Å². The first-order valence-corrected chi connectivity index (χ1v) is 12.9. The van der Waals surface area contributed by atoms with Crippen LogP contribution in [0.1, 0.15) is 17.0 Å². The summed E-state index contributed by atoms with van der Waals surface area (Å²) in [4.78, 5) is 51.1. The number of hydrogen-bond acceptors (Lipinski definition) is 9. The number of rotatable bonds is 8. The lowest BCUT2D eigenvalue weighted by molar-refractivity contribution is -0.137. The van der Waals surface area contributed by atoms with E-state index in [-0.39, 0.29) is 25.0 Å². The molecular formula is C25H28N6O5S. The minimum Gasteiger partial charge on any atom is -0.481 e. The normalized spacial score (nSPS) is 20.0. The average Bonchev–Trinajstić information content (AvgIpc) is 3.56. The highest BCUT2D eigenvalue weighted by Crippen LogP contribution is 2.27. The molecule has 37 heavy (non-hydrogen) atoms. The van der Waals surface area contributed by atoms with Crippen LogP contribution in [0.15, 0.2) is 52.1 Å². The van der Waals surface area contributed by atoms with E-state index in [1.54, 1.807) is 11.1 Å². The number of nitrogens with zero attached hydrogens (tertiary/aromatic N) is 5. The van der Waals surface area contributed by atoms with Gasteiger partial charge in [-0.15, -0.1) is 11.3 Å². The van der Waals surface area contributed by atoms with Crippen LogP contribution in [0.5, 0.6) is 0 Å². The molecule has 4 heterocycles. The fourth-order valence-electron chi connectivity index (χ4n) is 4.87. The first kappa shape index (κ1) is 24.9. The molecule has 2 saturated heterocycles. The van der Waals surface area contributed by atoms with Gasteiger partial charge in [-0.1, -0.05) is 12.1 Å². The number of amides is 2. The summed E-state index contributed by atoms with van der Waals surface area (Å²) in [5.41, 5.74) is 2.98. The van der Waals surface area contributed by atoms with Gasteiger partial charge in [0.1, 0.15) is 0 Å². The molecule has 1 aromatic carbocycles. The highest BCUT2D eigenvalue weighted by molar-refractivity contribution is 7.11. The predicted octanol–water partition coefficient (Wildman–Crippen LogP) is 1.56. The second kappa shape index (κ2) is 10.7. The van der Waals surface area contributed by atoms with Crippen molar-refractivity contribution in [2.75, 3.05) is 51.3 Å². The number of carbonyl (C=O) groups excluding carboxylic acids is 2. The third-order valence-electron chi connectivity index (χ3n) is 6.79. The highest BCUT2D eigenvalue weighted by atomic mass is 32.1. The van der Waals surface area contributed by atoms with Crippen LogP contribution in [0.3, 0.4) is 0 Å². The molecule has 1 unspecified atom stereocenters. The maximum atomic E-state index is 13.1. The number of carbonyl (C=O) groups is 3. The molecule has 0 spiro atoms. The number of anilines is 1. The minimum atomic E-state index is -0.829. The molecule has 5 rings (SSSR count). The van der Waals surface area contributed by atoms with E-state index < -0.39 is 11.9 Å². The van der Waals surface area contributed by atoms with Crippen molar-refractivity contribution in [2.24, 2.45) is 4.99 Å². The molecule has 1 atom stereocenters. The molecule has 2 N–H and O–H groups in total. The Hall–Kier alpha value is -3.77. The number of hydrogen-bond donors (Lipinski definition) is 2. The van der Waals surface area contributed by atoms with Crippen molar-refractivity contribution in [3.8, 4) is 0 Å². The third-order valence-corrected chi connectivity index (χ3v) is 7.57. The Morgan fingerprint density at radius 1 is 1.22 bits per heavy atom. The number of carboxylic acid groups (broad SMARTS) is 1. The number of fused-ring (bicyclic) bond motifs is 1. The number of piperazine rings is 1. The van der Waals surface area contributed by atoms with E-state index >= 15 is 0 Å². The van der Waals surface area contributed by atoms with Gasteiger partial charge in [0, 0.05) is 62.1 Å². The van der Waals surface area contributed by atoms with Gasteiger partial charge in [0.25, 0.3) is 0 Å². The molecule has 0 bridgehead atoms. The fraction of sp³-hybridized carbons (Fsp3) is 0.400. The summed E-state index contributed by atoms with van der Waals surface area (Å²) in [6.07, 6.45) is 2.25. The Bertz CT molecular complexity index is 1240. The molecule has 0 radical (unpaired) electrons. The number of methoxy groups -OCH3 is 1. The number of urea groups is 1. The Morgan fingerprint density at radius 2 is 2.03 bits per heavy atom. The number of aliphatic carboxylic acids is 1. The smallest absolute Gasteiger partial charge is 0.337 e. The van der Waals surface area contributed by atoms with Gasteiger partial charge >= 0.3 is 18.0 Å². The summed E-state index contributed by atoms with van der Waals surface area (Å²) < 4.78 is 4.99. The van der Waals surface area contributed by atoms with E-state index in [2.05, 4.69) is 20.2 Å². The number of benzene rings is 1. The molecule has 0 saturated carbocycles. The van der Waals surface area contributed by atoms with Crippen LogP contribution in [-0.2, 0) is 20.7 Å². The molecule has 12 heteroatoms. The molecular weight excluding hydrogens is 496 g/mol. The Balaban J connectivity index is 1.25. The number of amidine groups is 1.